The number of amides is 1. The van der Waals surface area contributed by atoms with Gasteiger partial charge in [-0.1, -0.05) is 18.2 Å². The fourth-order valence-electron chi connectivity index (χ4n) is 2.15. The van der Waals surface area contributed by atoms with Crippen LogP contribution in [0, 0.1) is 0 Å². The van der Waals surface area contributed by atoms with Gasteiger partial charge in [0.1, 0.15) is 16.8 Å². The Bertz CT molecular complexity index is 1080. The van der Waals surface area contributed by atoms with Gasteiger partial charge in [-0.15, -0.1) is 0 Å². The Morgan fingerprint density at radius 1 is 1.12 bits per heavy atom. The molecule has 2 aromatic heterocycles. The van der Waals surface area contributed by atoms with Gasteiger partial charge >= 0.3 is 11.8 Å². The van der Waals surface area contributed by atoms with Gasteiger partial charge in [-0.25, -0.2) is 4.79 Å². The highest BCUT2D eigenvalue weighted by Gasteiger charge is 2.31. The Kier molecular flexibility index (Phi) is 3.91. The molecule has 1 amide bonds. The first-order valence-electron chi connectivity index (χ1n) is 6.90. The van der Waals surface area contributed by atoms with E-state index in [1.807, 2.05) is 10.3 Å². The van der Waals surface area contributed by atoms with E-state index in [2.05, 4.69) is 0 Å². The highest BCUT2D eigenvalue weighted by Crippen LogP contribution is 2.29. The van der Waals surface area contributed by atoms with Crippen molar-refractivity contribution in [2.24, 2.45) is 0 Å². The monoisotopic (exact) mass is 350 g/mol. The molecule has 9 heteroatoms. The minimum Gasteiger partial charge on any atom is -0.422 e. The summed E-state index contributed by atoms with van der Waals surface area (Å²) in [7, 11) is 0. The third-order valence-corrected chi connectivity index (χ3v) is 3.36. The Labute approximate surface area is 136 Å². The topological polar surface area (TPSA) is 92.2 Å². The lowest BCUT2D eigenvalue weighted by atomic mass is 10.1. The number of nitrogens with one attached hydrogen (secondary N) is 2. The van der Waals surface area contributed by atoms with Crippen molar-refractivity contribution in [3.8, 4) is 0 Å². The van der Waals surface area contributed by atoms with Gasteiger partial charge in [-0.3, -0.25) is 9.59 Å². The first kappa shape index (κ1) is 16.5. The maximum absolute atomic E-state index is 12.7. The molecule has 0 radical (unpaired) electrons. The number of H-pyrrole nitrogens is 1. The second-order valence-electron chi connectivity index (χ2n) is 5.07. The van der Waals surface area contributed by atoms with Gasteiger partial charge < -0.3 is 14.7 Å². The molecule has 0 unspecified atom stereocenters. The Morgan fingerprint density at radius 2 is 1.84 bits per heavy atom. The lowest BCUT2D eigenvalue weighted by Crippen LogP contribution is -2.25. The minimum atomic E-state index is -4.70. The van der Waals surface area contributed by atoms with E-state index in [1.54, 1.807) is 18.2 Å². The van der Waals surface area contributed by atoms with Gasteiger partial charge in [-0.2, -0.15) is 13.2 Å². The minimum absolute atomic E-state index is 0.251. The molecule has 0 aliphatic rings. The maximum Gasteiger partial charge on any atom is 0.417 e. The number of halogens is 3. The zero-order valence-electron chi connectivity index (χ0n) is 12.3. The van der Waals surface area contributed by atoms with Crippen LogP contribution in [0.15, 0.2) is 56.6 Å². The van der Waals surface area contributed by atoms with Gasteiger partial charge in [0.15, 0.2) is 0 Å². The molecule has 3 rings (SSSR count). The number of carbonyl (C=O) groups is 1. The molecule has 0 atom stereocenters. The molecular weight excluding hydrogens is 341 g/mol. The normalized spacial score (nSPS) is 11.5. The third-order valence-electron chi connectivity index (χ3n) is 3.36. The SMILES string of the molecule is O=C(Nc1cc(C(F)(F)F)c[nH]c1=O)c1cc2ccccc2oc1=O. The molecular formula is C16H9F3N2O4. The fourth-order valence-corrected chi connectivity index (χ4v) is 2.15. The predicted molar refractivity (Wildman–Crippen MR) is 82.5 cm³/mol. The van der Waals surface area contributed by atoms with Crippen molar-refractivity contribution in [3.05, 3.63) is 74.5 Å². The van der Waals surface area contributed by atoms with Crippen LogP contribution in [0.2, 0.25) is 0 Å². The summed E-state index contributed by atoms with van der Waals surface area (Å²) < 4.78 is 43.1. The zero-order chi connectivity index (χ0) is 18.2. The predicted octanol–water partition coefficient (Wildman–Crippen LogP) is 2.75. The van der Waals surface area contributed by atoms with E-state index < -0.39 is 40.1 Å². The van der Waals surface area contributed by atoms with Gasteiger partial charge in [0, 0.05) is 11.6 Å². The summed E-state index contributed by atoms with van der Waals surface area (Å²) in [4.78, 5) is 37.6. The second-order valence-corrected chi connectivity index (χ2v) is 5.07. The molecule has 6 nitrogen and oxygen atoms in total. The zero-order valence-corrected chi connectivity index (χ0v) is 12.3. The average molecular weight is 350 g/mol. The molecule has 1 aromatic carbocycles. The van der Waals surface area contributed by atoms with Crippen molar-refractivity contribution in [1.82, 2.24) is 4.98 Å². The summed E-state index contributed by atoms with van der Waals surface area (Å²) in [6.45, 7) is 0. The van der Waals surface area contributed by atoms with Crippen LogP contribution in [0.1, 0.15) is 15.9 Å². The van der Waals surface area contributed by atoms with E-state index in [0.29, 0.717) is 17.6 Å². The molecule has 0 saturated carbocycles. The number of hydrogen-bond acceptors (Lipinski definition) is 4. The second kappa shape index (κ2) is 5.93. The van der Waals surface area contributed by atoms with Crippen LogP contribution in [0.25, 0.3) is 11.0 Å². The molecule has 0 aliphatic heterocycles. The van der Waals surface area contributed by atoms with E-state index in [4.69, 9.17) is 4.42 Å². The van der Waals surface area contributed by atoms with Crippen LogP contribution in [0.5, 0.6) is 0 Å². The number of anilines is 1. The summed E-state index contributed by atoms with van der Waals surface area (Å²) >= 11 is 0. The molecule has 0 bridgehead atoms. The van der Waals surface area contributed by atoms with Crippen molar-refractivity contribution in [2.75, 3.05) is 5.32 Å². The van der Waals surface area contributed by atoms with Crippen molar-refractivity contribution in [2.45, 2.75) is 6.18 Å². The fraction of sp³-hybridized carbons (Fsp3) is 0.0625. The Hall–Kier alpha value is -3.36. The number of para-hydroxylation sites is 1. The summed E-state index contributed by atoms with van der Waals surface area (Å²) in [5, 5.41) is 2.45. The third kappa shape index (κ3) is 3.30. The summed E-state index contributed by atoms with van der Waals surface area (Å²) in [6.07, 6.45) is -4.21. The standard InChI is InChI=1S/C16H9F3N2O4/c17-16(18,19)9-6-11(14(23)20-7-9)21-13(22)10-5-8-3-1-2-4-12(8)25-15(10)24/h1-7H,(H,20,23)(H,21,22). The smallest absolute Gasteiger partial charge is 0.417 e. The molecule has 0 spiro atoms. The number of carbonyl (C=O) groups excluding carboxylic acids is 1. The van der Waals surface area contributed by atoms with E-state index in [-0.39, 0.29) is 5.58 Å². The van der Waals surface area contributed by atoms with E-state index in [0.717, 1.165) is 0 Å². The number of aromatic amines is 1. The van der Waals surface area contributed by atoms with Crippen LogP contribution < -0.4 is 16.5 Å². The van der Waals surface area contributed by atoms with E-state index >= 15 is 0 Å². The van der Waals surface area contributed by atoms with Crippen LogP contribution in [0.3, 0.4) is 0 Å². The summed E-state index contributed by atoms with van der Waals surface area (Å²) in [5.74, 6) is -1.05. The molecule has 3 aromatic rings. The summed E-state index contributed by atoms with van der Waals surface area (Å²) in [6, 6.07) is 8.12. The molecule has 128 valence electrons. The first-order chi connectivity index (χ1) is 11.8. The van der Waals surface area contributed by atoms with Crippen molar-refractivity contribution < 1.29 is 22.4 Å². The molecule has 0 saturated heterocycles. The Morgan fingerprint density at radius 3 is 2.56 bits per heavy atom. The van der Waals surface area contributed by atoms with Crippen molar-refractivity contribution in [3.63, 3.8) is 0 Å². The number of aromatic nitrogens is 1. The summed E-state index contributed by atoms with van der Waals surface area (Å²) in [5.41, 5.74) is -3.87. The lowest BCUT2D eigenvalue weighted by molar-refractivity contribution is -0.137. The largest absolute Gasteiger partial charge is 0.422 e. The van der Waals surface area contributed by atoms with Gasteiger partial charge in [0.05, 0.1) is 5.56 Å². The van der Waals surface area contributed by atoms with Gasteiger partial charge in [-0.05, 0) is 18.2 Å². The molecule has 0 fully saturated rings. The van der Waals surface area contributed by atoms with E-state index in [9.17, 15) is 27.6 Å². The molecule has 25 heavy (non-hydrogen) atoms. The average Bonchev–Trinajstić information content (AvgIpc) is 2.55. The van der Waals surface area contributed by atoms with Crippen LogP contribution in [0.4, 0.5) is 18.9 Å². The van der Waals surface area contributed by atoms with Crippen LogP contribution >= 0.6 is 0 Å². The maximum atomic E-state index is 12.7. The highest BCUT2D eigenvalue weighted by molar-refractivity contribution is 6.05. The van der Waals surface area contributed by atoms with Gasteiger partial charge in [0.2, 0.25) is 0 Å². The highest BCUT2D eigenvalue weighted by atomic mass is 19.4. The first-order valence-corrected chi connectivity index (χ1v) is 6.90. The lowest BCUT2D eigenvalue weighted by Gasteiger charge is -2.09. The number of benzene rings is 1. The van der Waals surface area contributed by atoms with E-state index in [1.165, 1.54) is 12.1 Å². The van der Waals surface area contributed by atoms with Crippen molar-refractivity contribution >= 4 is 22.6 Å². The van der Waals surface area contributed by atoms with Gasteiger partial charge in [0.25, 0.3) is 11.5 Å². The van der Waals surface area contributed by atoms with Crippen molar-refractivity contribution in [1.29, 1.82) is 0 Å². The molecule has 2 N–H and O–H groups in total. The number of hydrogen-bond donors (Lipinski definition) is 2. The van der Waals surface area contributed by atoms with Crippen LogP contribution in [-0.4, -0.2) is 10.9 Å². The number of rotatable bonds is 2. The van der Waals surface area contributed by atoms with Crippen LogP contribution in [-0.2, 0) is 6.18 Å². The number of pyridine rings is 1. The quantitative estimate of drug-likeness (QED) is 0.695. The number of fused-ring (bicyclic) bond motifs is 1. The molecule has 2 heterocycles. The number of alkyl halides is 3. The molecule has 0 aliphatic carbocycles. The Balaban J connectivity index is 1.99.